The Labute approximate surface area is 100.0 Å². The maximum atomic E-state index is 12.1. The molecular formula is C11H18N2O4. The summed E-state index contributed by atoms with van der Waals surface area (Å²) >= 11 is 0. The van der Waals surface area contributed by atoms with Gasteiger partial charge in [-0.2, -0.15) is 0 Å². The van der Waals surface area contributed by atoms with Gasteiger partial charge in [0.25, 0.3) is 0 Å². The van der Waals surface area contributed by atoms with Crippen LogP contribution in [-0.4, -0.2) is 46.9 Å². The molecule has 17 heavy (non-hydrogen) atoms. The highest BCUT2D eigenvalue weighted by Crippen LogP contribution is 2.17. The smallest absolute Gasteiger partial charge is 0.323 e. The summed E-state index contributed by atoms with van der Waals surface area (Å²) in [4.78, 5) is 35.3. The Bertz CT molecular complexity index is 327. The van der Waals surface area contributed by atoms with Crippen LogP contribution in [-0.2, 0) is 14.4 Å². The zero-order chi connectivity index (χ0) is 13.0. The highest BCUT2D eigenvalue weighted by atomic mass is 16.4. The largest absolute Gasteiger partial charge is 0.480 e. The first kappa shape index (κ1) is 13.5. The van der Waals surface area contributed by atoms with E-state index in [4.69, 9.17) is 5.11 Å². The van der Waals surface area contributed by atoms with Crippen LogP contribution in [0.5, 0.6) is 0 Å². The number of nitrogens with zero attached hydrogens (tertiary/aromatic N) is 1. The van der Waals surface area contributed by atoms with Crippen LogP contribution < -0.4 is 5.32 Å². The number of piperidine rings is 1. The third-order valence-electron chi connectivity index (χ3n) is 2.81. The van der Waals surface area contributed by atoms with Crippen molar-refractivity contribution in [2.24, 2.45) is 5.92 Å². The predicted octanol–water partition coefficient (Wildman–Crippen LogP) is -0.166. The lowest BCUT2D eigenvalue weighted by molar-refractivity contribution is -0.149. The second-order valence-corrected chi connectivity index (χ2v) is 4.49. The van der Waals surface area contributed by atoms with Crippen LogP contribution in [0, 0.1) is 5.92 Å². The van der Waals surface area contributed by atoms with Crippen molar-refractivity contribution in [3.63, 3.8) is 0 Å². The normalized spacial score (nSPS) is 19.9. The molecule has 0 saturated carbocycles. The molecule has 1 atom stereocenters. The molecule has 0 spiro atoms. The summed E-state index contributed by atoms with van der Waals surface area (Å²) in [7, 11) is 0. The number of carboxylic acids is 1. The molecule has 0 aromatic heterocycles. The van der Waals surface area contributed by atoms with Crippen molar-refractivity contribution in [1.29, 1.82) is 0 Å². The second-order valence-electron chi connectivity index (χ2n) is 4.49. The van der Waals surface area contributed by atoms with Crippen molar-refractivity contribution < 1.29 is 19.5 Å². The third kappa shape index (κ3) is 3.72. The van der Waals surface area contributed by atoms with Gasteiger partial charge in [-0.3, -0.25) is 14.4 Å². The van der Waals surface area contributed by atoms with Crippen molar-refractivity contribution in [3.05, 3.63) is 0 Å². The lowest BCUT2D eigenvalue weighted by atomic mass is 9.95. The number of rotatable bonds is 4. The molecular weight excluding hydrogens is 224 g/mol. The fraction of sp³-hybridized carbons (Fsp3) is 0.727. The quantitative estimate of drug-likeness (QED) is 0.717. The molecule has 1 rings (SSSR count). The molecule has 0 aromatic carbocycles. The van der Waals surface area contributed by atoms with E-state index in [-0.39, 0.29) is 36.7 Å². The Hall–Kier alpha value is -1.59. The lowest BCUT2D eigenvalue weighted by Crippen LogP contribution is -2.47. The number of carbonyl (C=O) groups excluding carboxylic acids is 2. The van der Waals surface area contributed by atoms with Gasteiger partial charge in [0.2, 0.25) is 11.8 Å². The van der Waals surface area contributed by atoms with E-state index in [9.17, 15) is 14.4 Å². The summed E-state index contributed by atoms with van der Waals surface area (Å²) in [5, 5.41) is 11.4. The number of carboxylic acid groups (broad SMARTS) is 1. The Kier molecular flexibility index (Phi) is 4.48. The fourth-order valence-electron chi connectivity index (χ4n) is 1.89. The first-order chi connectivity index (χ1) is 7.91. The summed E-state index contributed by atoms with van der Waals surface area (Å²) in [5.74, 6) is -1.80. The van der Waals surface area contributed by atoms with Crippen molar-refractivity contribution in [2.75, 3.05) is 13.1 Å². The Morgan fingerprint density at radius 2 is 2.18 bits per heavy atom. The average Bonchev–Trinajstić information content (AvgIpc) is 2.24. The summed E-state index contributed by atoms with van der Waals surface area (Å²) in [6, 6.07) is -0.177. The number of hydrogen-bond acceptors (Lipinski definition) is 3. The van der Waals surface area contributed by atoms with Gasteiger partial charge in [0.15, 0.2) is 0 Å². The van der Waals surface area contributed by atoms with Crippen molar-refractivity contribution >= 4 is 17.8 Å². The number of amides is 2. The summed E-state index contributed by atoms with van der Waals surface area (Å²) < 4.78 is 0. The van der Waals surface area contributed by atoms with Gasteiger partial charge in [0.1, 0.15) is 6.54 Å². The van der Waals surface area contributed by atoms with Gasteiger partial charge < -0.3 is 15.3 Å². The zero-order valence-electron chi connectivity index (χ0n) is 10.1. The molecule has 6 heteroatoms. The first-order valence-corrected chi connectivity index (χ1v) is 5.70. The minimum Gasteiger partial charge on any atom is -0.480 e. The molecule has 1 fully saturated rings. The highest BCUT2D eigenvalue weighted by Gasteiger charge is 2.31. The van der Waals surface area contributed by atoms with Gasteiger partial charge >= 0.3 is 5.97 Å². The molecule has 2 amide bonds. The van der Waals surface area contributed by atoms with Gasteiger partial charge in [-0.25, -0.2) is 0 Å². The lowest BCUT2D eigenvalue weighted by Gasteiger charge is -2.30. The average molecular weight is 242 g/mol. The van der Waals surface area contributed by atoms with Crippen LogP contribution in [0.15, 0.2) is 0 Å². The van der Waals surface area contributed by atoms with E-state index in [2.05, 4.69) is 5.32 Å². The van der Waals surface area contributed by atoms with Crippen LogP contribution in [0.25, 0.3) is 0 Å². The van der Waals surface area contributed by atoms with Crippen molar-refractivity contribution in [2.45, 2.75) is 32.7 Å². The second kappa shape index (κ2) is 5.65. The number of aliphatic carboxylic acids is 1. The van der Waals surface area contributed by atoms with Crippen LogP contribution in [0.2, 0.25) is 0 Å². The Balaban J connectivity index is 2.69. The monoisotopic (exact) mass is 242 g/mol. The van der Waals surface area contributed by atoms with E-state index in [1.807, 2.05) is 0 Å². The fourth-order valence-corrected chi connectivity index (χ4v) is 1.89. The molecule has 1 heterocycles. The SMILES string of the molecule is CC(C)N(CC(=O)O)C(=O)C1CCNC(=O)C1. The summed E-state index contributed by atoms with van der Waals surface area (Å²) in [6.07, 6.45) is 0.731. The Morgan fingerprint density at radius 1 is 1.53 bits per heavy atom. The van der Waals surface area contributed by atoms with Gasteiger partial charge in [-0.05, 0) is 20.3 Å². The molecule has 1 aliphatic rings. The van der Waals surface area contributed by atoms with Gasteiger partial charge in [0, 0.05) is 24.9 Å². The number of hydrogen-bond donors (Lipinski definition) is 2. The van der Waals surface area contributed by atoms with E-state index >= 15 is 0 Å². The maximum absolute atomic E-state index is 12.1. The molecule has 1 aliphatic heterocycles. The van der Waals surface area contributed by atoms with E-state index in [0.717, 1.165) is 0 Å². The highest BCUT2D eigenvalue weighted by molar-refractivity contribution is 5.88. The number of nitrogens with one attached hydrogen (secondary N) is 1. The molecule has 6 nitrogen and oxygen atoms in total. The van der Waals surface area contributed by atoms with Crippen LogP contribution in [0.1, 0.15) is 26.7 Å². The third-order valence-corrected chi connectivity index (χ3v) is 2.81. The molecule has 0 bridgehead atoms. The van der Waals surface area contributed by atoms with Crippen molar-refractivity contribution in [1.82, 2.24) is 10.2 Å². The van der Waals surface area contributed by atoms with E-state index < -0.39 is 5.97 Å². The minimum atomic E-state index is -1.03. The summed E-state index contributed by atoms with van der Waals surface area (Å²) in [6.45, 7) is 3.70. The van der Waals surface area contributed by atoms with Crippen molar-refractivity contribution in [3.8, 4) is 0 Å². The molecule has 0 radical (unpaired) electrons. The molecule has 0 aromatic rings. The summed E-state index contributed by atoms with van der Waals surface area (Å²) in [5.41, 5.74) is 0. The number of carbonyl (C=O) groups is 3. The molecule has 1 unspecified atom stereocenters. The first-order valence-electron chi connectivity index (χ1n) is 5.70. The minimum absolute atomic E-state index is 0.145. The maximum Gasteiger partial charge on any atom is 0.323 e. The standard InChI is InChI=1S/C11H18N2O4/c1-7(2)13(6-10(15)16)11(17)8-3-4-12-9(14)5-8/h7-8H,3-6H2,1-2H3,(H,12,14)(H,15,16). The molecule has 96 valence electrons. The molecule has 1 saturated heterocycles. The predicted molar refractivity (Wildman–Crippen MR) is 60.2 cm³/mol. The van der Waals surface area contributed by atoms with Gasteiger partial charge in [-0.1, -0.05) is 0 Å². The molecule has 2 N–H and O–H groups in total. The van der Waals surface area contributed by atoms with Crippen LogP contribution in [0.3, 0.4) is 0 Å². The Morgan fingerprint density at radius 3 is 2.65 bits per heavy atom. The van der Waals surface area contributed by atoms with E-state index in [1.54, 1.807) is 13.8 Å². The zero-order valence-corrected chi connectivity index (χ0v) is 10.1. The van der Waals surface area contributed by atoms with Crippen LogP contribution in [0.4, 0.5) is 0 Å². The van der Waals surface area contributed by atoms with Gasteiger partial charge in [-0.15, -0.1) is 0 Å². The van der Waals surface area contributed by atoms with E-state index in [0.29, 0.717) is 13.0 Å². The topological polar surface area (TPSA) is 86.7 Å². The van der Waals surface area contributed by atoms with Crippen LogP contribution >= 0.6 is 0 Å². The van der Waals surface area contributed by atoms with Gasteiger partial charge in [0.05, 0.1) is 0 Å². The van der Waals surface area contributed by atoms with E-state index in [1.165, 1.54) is 4.90 Å². The molecule has 0 aliphatic carbocycles.